The molecule has 22 heavy (non-hydrogen) atoms. The molecule has 0 bridgehead atoms. The lowest BCUT2D eigenvalue weighted by atomic mass is 10.1. The van der Waals surface area contributed by atoms with Gasteiger partial charge in [0, 0.05) is 31.2 Å². The normalized spacial score (nSPS) is 22.0. The van der Waals surface area contributed by atoms with E-state index in [4.69, 9.17) is 11.6 Å². The largest absolute Gasteiger partial charge is 0.391 e. The fourth-order valence-electron chi connectivity index (χ4n) is 3.14. The number of aliphatic hydroxyl groups excluding tert-OH is 1. The topological polar surface area (TPSA) is 55.8 Å². The van der Waals surface area contributed by atoms with Gasteiger partial charge in [0.15, 0.2) is 0 Å². The van der Waals surface area contributed by atoms with E-state index in [9.17, 15) is 9.90 Å². The molecule has 2 amide bonds. The van der Waals surface area contributed by atoms with Gasteiger partial charge in [-0.2, -0.15) is 0 Å². The minimum absolute atomic E-state index is 0.169. The van der Waals surface area contributed by atoms with E-state index >= 15 is 0 Å². The summed E-state index contributed by atoms with van der Waals surface area (Å²) in [5, 5.41) is 13.1. The number of carbonyl (C=O) groups excluding carboxylic acids is 1. The number of nitrogens with zero attached hydrogens (tertiary/aromatic N) is 2. The first-order valence-corrected chi connectivity index (χ1v) is 8.30. The standard InChI is InChI=1S/C16H22ClN3O2/c17-12-4-5-15(19-7-2-1-3-8-19)14(10-12)18-16(22)20-9-6-13(21)11-20/h4-5,10,13,21H,1-3,6-9,11H2,(H,18,22)/t13-/m0/s1. The van der Waals surface area contributed by atoms with Gasteiger partial charge in [-0.05, 0) is 43.9 Å². The van der Waals surface area contributed by atoms with Crippen LogP contribution in [0.1, 0.15) is 25.7 Å². The summed E-state index contributed by atoms with van der Waals surface area (Å²) in [5.74, 6) is 0. The average Bonchev–Trinajstić information content (AvgIpc) is 2.95. The van der Waals surface area contributed by atoms with Crippen molar-refractivity contribution in [2.24, 2.45) is 0 Å². The Balaban J connectivity index is 1.76. The molecule has 120 valence electrons. The number of rotatable bonds is 2. The van der Waals surface area contributed by atoms with Crippen molar-refractivity contribution in [2.45, 2.75) is 31.8 Å². The Morgan fingerprint density at radius 3 is 2.68 bits per heavy atom. The fourth-order valence-corrected chi connectivity index (χ4v) is 3.31. The number of piperidine rings is 1. The second-order valence-electron chi connectivity index (χ2n) is 6.03. The molecule has 5 nitrogen and oxygen atoms in total. The number of halogens is 1. The van der Waals surface area contributed by atoms with Crippen molar-refractivity contribution in [3.05, 3.63) is 23.2 Å². The molecule has 1 aromatic rings. The molecule has 2 aliphatic rings. The summed E-state index contributed by atoms with van der Waals surface area (Å²) < 4.78 is 0. The zero-order valence-corrected chi connectivity index (χ0v) is 13.4. The van der Waals surface area contributed by atoms with Gasteiger partial charge in [0.2, 0.25) is 0 Å². The van der Waals surface area contributed by atoms with Gasteiger partial charge in [-0.1, -0.05) is 11.6 Å². The number of hydrogen-bond donors (Lipinski definition) is 2. The number of carbonyl (C=O) groups is 1. The van der Waals surface area contributed by atoms with Crippen LogP contribution in [0.3, 0.4) is 0 Å². The van der Waals surface area contributed by atoms with E-state index < -0.39 is 6.10 Å². The Bertz CT molecular complexity index is 546. The lowest BCUT2D eigenvalue weighted by Crippen LogP contribution is -2.35. The maximum atomic E-state index is 12.3. The predicted molar refractivity (Wildman–Crippen MR) is 88.7 cm³/mol. The number of anilines is 2. The van der Waals surface area contributed by atoms with Gasteiger partial charge < -0.3 is 20.2 Å². The molecule has 2 saturated heterocycles. The lowest BCUT2D eigenvalue weighted by Gasteiger charge is -2.31. The second-order valence-corrected chi connectivity index (χ2v) is 6.46. The van der Waals surface area contributed by atoms with Gasteiger partial charge in [0.25, 0.3) is 0 Å². The summed E-state index contributed by atoms with van der Waals surface area (Å²) in [6.07, 6.45) is 3.84. The summed E-state index contributed by atoms with van der Waals surface area (Å²) in [7, 11) is 0. The molecule has 0 saturated carbocycles. The highest BCUT2D eigenvalue weighted by Gasteiger charge is 2.25. The number of likely N-dealkylation sites (tertiary alicyclic amines) is 1. The quantitative estimate of drug-likeness (QED) is 0.880. The number of benzene rings is 1. The molecule has 2 fully saturated rings. The molecule has 2 N–H and O–H groups in total. The van der Waals surface area contributed by atoms with E-state index in [0.717, 1.165) is 24.5 Å². The molecular formula is C16H22ClN3O2. The highest BCUT2D eigenvalue weighted by atomic mass is 35.5. The lowest BCUT2D eigenvalue weighted by molar-refractivity contribution is 0.176. The molecule has 1 atom stereocenters. The van der Waals surface area contributed by atoms with E-state index in [-0.39, 0.29) is 6.03 Å². The Labute approximate surface area is 135 Å². The monoisotopic (exact) mass is 323 g/mol. The van der Waals surface area contributed by atoms with Crippen LogP contribution in [0.25, 0.3) is 0 Å². The first-order valence-electron chi connectivity index (χ1n) is 7.92. The van der Waals surface area contributed by atoms with Crippen LogP contribution in [-0.2, 0) is 0 Å². The first-order chi connectivity index (χ1) is 10.6. The Hall–Kier alpha value is -1.46. The van der Waals surface area contributed by atoms with Crippen LogP contribution in [-0.4, -0.2) is 48.3 Å². The van der Waals surface area contributed by atoms with E-state index in [1.807, 2.05) is 12.1 Å². The molecule has 1 aromatic carbocycles. The van der Waals surface area contributed by atoms with Crippen molar-refractivity contribution < 1.29 is 9.90 Å². The third-order valence-electron chi connectivity index (χ3n) is 4.35. The number of amides is 2. The number of nitrogens with one attached hydrogen (secondary N) is 1. The van der Waals surface area contributed by atoms with Gasteiger partial charge in [0.1, 0.15) is 0 Å². The van der Waals surface area contributed by atoms with E-state index in [2.05, 4.69) is 10.2 Å². The first kappa shape index (κ1) is 15.4. The number of urea groups is 1. The van der Waals surface area contributed by atoms with Crippen molar-refractivity contribution in [3.63, 3.8) is 0 Å². The molecule has 0 unspecified atom stereocenters. The highest BCUT2D eigenvalue weighted by molar-refractivity contribution is 6.31. The van der Waals surface area contributed by atoms with Crippen molar-refractivity contribution in [1.82, 2.24) is 4.90 Å². The molecule has 0 spiro atoms. The van der Waals surface area contributed by atoms with Crippen molar-refractivity contribution in [3.8, 4) is 0 Å². The average molecular weight is 324 g/mol. The smallest absolute Gasteiger partial charge is 0.321 e. The Morgan fingerprint density at radius 1 is 1.23 bits per heavy atom. The van der Waals surface area contributed by atoms with Gasteiger partial charge in [-0.3, -0.25) is 0 Å². The Kier molecular flexibility index (Phi) is 4.74. The minimum Gasteiger partial charge on any atom is -0.391 e. The minimum atomic E-state index is -0.410. The van der Waals surface area contributed by atoms with Gasteiger partial charge in [-0.25, -0.2) is 4.79 Å². The van der Waals surface area contributed by atoms with Crippen LogP contribution >= 0.6 is 11.6 Å². The molecule has 0 aromatic heterocycles. The number of β-amino-alcohol motifs (C(OH)–C–C–N with tert-alkyl or cyclic N) is 1. The third kappa shape index (κ3) is 3.47. The summed E-state index contributed by atoms with van der Waals surface area (Å²) in [6.45, 7) is 3.00. The summed E-state index contributed by atoms with van der Waals surface area (Å²) in [5.41, 5.74) is 1.78. The maximum absolute atomic E-state index is 12.3. The molecule has 0 aliphatic carbocycles. The van der Waals surface area contributed by atoms with Gasteiger partial charge in [0.05, 0.1) is 17.5 Å². The third-order valence-corrected chi connectivity index (χ3v) is 4.58. The van der Waals surface area contributed by atoms with Crippen molar-refractivity contribution >= 4 is 29.0 Å². The zero-order chi connectivity index (χ0) is 15.5. The van der Waals surface area contributed by atoms with Crippen LogP contribution in [0.2, 0.25) is 5.02 Å². The van der Waals surface area contributed by atoms with E-state index in [1.54, 1.807) is 11.0 Å². The summed E-state index contributed by atoms with van der Waals surface area (Å²) in [6, 6.07) is 5.47. The van der Waals surface area contributed by atoms with E-state index in [1.165, 1.54) is 19.3 Å². The molecular weight excluding hydrogens is 302 g/mol. The molecule has 2 aliphatic heterocycles. The number of hydrogen-bond acceptors (Lipinski definition) is 3. The van der Waals surface area contributed by atoms with Crippen LogP contribution < -0.4 is 10.2 Å². The van der Waals surface area contributed by atoms with Crippen LogP contribution in [0.4, 0.5) is 16.2 Å². The Morgan fingerprint density at radius 2 is 2.00 bits per heavy atom. The van der Waals surface area contributed by atoms with Gasteiger partial charge in [-0.15, -0.1) is 0 Å². The summed E-state index contributed by atoms with van der Waals surface area (Å²) >= 11 is 6.10. The van der Waals surface area contributed by atoms with Crippen LogP contribution in [0.5, 0.6) is 0 Å². The van der Waals surface area contributed by atoms with Gasteiger partial charge >= 0.3 is 6.03 Å². The molecule has 0 radical (unpaired) electrons. The molecule has 6 heteroatoms. The zero-order valence-electron chi connectivity index (χ0n) is 12.6. The van der Waals surface area contributed by atoms with Crippen molar-refractivity contribution in [1.29, 1.82) is 0 Å². The van der Waals surface area contributed by atoms with Crippen LogP contribution in [0, 0.1) is 0 Å². The highest BCUT2D eigenvalue weighted by Crippen LogP contribution is 2.31. The summed E-state index contributed by atoms with van der Waals surface area (Å²) in [4.78, 5) is 16.3. The fraction of sp³-hybridized carbons (Fsp3) is 0.562. The maximum Gasteiger partial charge on any atom is 0.321 e. The molecule has 2 heterocycles. The predicted octanol–water partition coefficient (Wildman–Crippen LogP) is 2.93. The van der Waals surface area contributed by atoms with Crippen molar-refractivity contribution in [2.75, 3.05) is 36.4 Å². The van der Waals surface area contributed by atoms with Crippen LogP contribution in [0.15, 0.2) is 18.2 Å². The second kappa shape index (κ2) is 6.75. The number of aliphatic hydroxyl groups is 1. The molecule has 3 rings (SSSR count). The SMILES string of the molecule is O=C(Nc1cc(Cl)ccc1N1CCCCC1)N1CC[C@H](O)C1. The van der Waals surface area contributed by atoms with E-state index in [0.29, 0.717) is 24.5 Å².